The Morgan fingerprint density at radius 2 is 1.61 bits per heavy atom. The lowest BCUT2D eigenvalue weighted by Crippen LogP contribution is -2.39. The normalized spacial score (nSPS) is 17.4. The zero-order valence-corrected chi connectivity index (χ0v) is 18.3. The molecular formula is C23H31N5O3. The highest BCUT2D eigenvalue weighted by Gasteiger charge is 2.27. The first kappa shape index (κ1) is 21.2. The van der Waals surface area contributed by atoms with Gasteiger partial charge in [0, 0.05) is 44.2 Å². The van der Waals surface area contributed by atoms with E-state index in [4.69, 9.17) is 9.47 Å². The van der Waals surface area contributed by atoms with Gasteiger partial charge in [-0.15, -0.1) is 0 Å². The Bertz CT molecular complexity index is 893. The number of nitrogens with one attached hydrogen (secondary N) is 1. The number of anilines is 3. The van der Waals surface area contributed by atoms with Crippen LogP contribution in [0.1, 0.15) is 32.1 Å². The van der Waals surface area contributed by atoms with Crippen LogP contribution in [0.25, 0.3) is 0 Å². The summed E-state index contributed by atoms with van der Waals surface area (Å²) in [5.74, 6) is 3.24. The molecule has 2 aliphatic heterocycles. The minimum absolute atomic E-state index is 0.0276. The van der Waals surface area contributed by atoms with Gasteiger partial charge in [0.05, 0.1) is 19.9 Å². The topological polar surface area (TPSA) is 79.8 Å². The largest absolute Gasteiger partial charge is 0.497 e. The average Bonchev–Trinajstić information content (AvgIpc) is 2.85. The summed E-state index contributed by atoms with van der Waals surface area (Å²) in [6, 6.07) is 7.49. The van der Waals surface area contributed by atoms with Crippen molar-refractivity contribution in [3.63, 3.8) is 0 Å². The van der Waals surface area contributed by atoms with Gasteiger partial charge in [0.1, 0.15) is 29.5 Å². The van der Waals surface area contributed by atoms with Crippen molar-refractivity contribution in [2.24, 2.45) is 5.92 Å². The maximum absolute atomic E-state index is 12.8. The van der Waals surface area contributed by atoms with Crippen molar-refractivity contribution < 1.29 is 14.3 Å². The molecule has 0 aliphatic carbocycles. The molecular weight excluding hydrogens is 394 g/mol. The quantitative estimate of drug-likeness (QED) is 0.760. The number of piperidine rings is 2. The fourth-order valence-electron chi connectivity index (χ4n) is 4.31. The Balaban J connectivity index is 1.35. The number of carbonyl (C=O) groups is 1. The Labute approximate surface area is 183 Å². The van der Waals surface area contributed by atoms with Crippen molar-refractivity contribution in [3.05, 3.63) is 30.6 Å². The minimum Gasteiger partial charge on any atom is -0.497 e. The molecule has 0 atom stereocenters. The van der Waals surface area contributed by atoms with E-state index in [1.54, 1.807) is 26.6 Å². The summed E-state index contributed by atoms with van der Waals surface area (Å²) in [6.45, 7) is 3.73. The van der Waals surface area contributed by atoms with Gasteiger partial charge < -0.3 is 24.6 Å². The van der Waals surface area contributed by atoms with Gasteiger partial charge in [-0.2, -0.15) is 0 Å². The monoisotopic (exact) mass is 425 g/mol. The molecule has 4 rings (SSSR count). The van der Waals surface area contributed by atoms with E-state index in [2.05, 4.69) is 31.2 Å². The van der Waals surface area contributed by atoms with E-state index >= 15 is 0 Å². The fraction of sp³-hybridized carbons (Fsp3) is 0.522. The Hall–Kier alpha value is -3.03. The van der Waals surface area contributed by atoms with Crippen molar-refractivity contribution in [2.75, 3.05) is 55.5 Å². The van der Waals surface area contributed by atoms with Gasteiger partial charge in [-0.3, -0.25) is 4.79 Å². The molecule has 2 fully saturated rings. The highest BCUT2D eigenvalue weighted by atomic mass is 16.5. The molecule has 1 aromatic carbocycles. The molecule has 1 aromatic heterocycles. The van der Waals surface area contributed by atoms with Crippen LogP contribution in [0.15, 0.2) is 30.6 Å². The summed E-state index contributed by atoms with van der Waals surface area (Å²) in [4.78, 5) is 26.4. The molecule has 2 aromatic rings. The fourth-order valence-corrected chi connectivity index (χ4v) is 4.31. The summed E-state index contributed by atoms with van der Waals surface area (Å²) in [6.07, 6.45) is 6.97. The van der Waals surface area contributed by atoms with Gasteiger partial charge in [0.15, 0.2) is 0 Å². The molecule has 2 aliphatic rings. The SMILES string of the molecule is COc1ccc(NC(=O)C2CCN(c3cc(N4CCCCC4)ncn3)CC2)c(OC)c1. The molecule has 8 nitrogen and oxygen atoms in total. The molecule has 0 spiro atoms. The summed E-state index contributed by atoms with van der Waals surface area (Å²) in [5.41, 5.74) is 0.665. The first-order valence-corrected chi connectivity index (χ1v) is 11.0. The molecule has 8 heteroatoms. The molecule has 3 heterocycles. The van der Waals surface area contributed by atoms with Crippen molar-refractivity contribution in [1.82, 2.24) is 9.97 Å². The third-order valence-corrected chi connectivity index (χ3v) is 6.17. The predicted octanol–water partition coefficient (Wildman–Crippen LogP) is 3.34. The maximum atomic E-state index is 12.8. The molecule has 1 N–H and O–H groups in total. The van der Waals surface area contributed by atoms with Crippen LogP contribution in [0, 0.1) is 5.92 Å². The number of amides is 1. The zero-order chi connectivity index (χ0) is 21.6. The van der Waals surface area contributed by atoms with E-state index in [9.17, 15) is 4.79 Å². The third kappa shape index (κ3) is 5.00. The number of methoxy groups -OCH3 is 2. The van der Waals surface area contributed by atoms with Crippen LogP contribution in [-0.2, 0) is 4.79 Å². The predicted molar refractivity (Wildman–Crippen MR) is 121 cm³/mol. The van der Waals surface area contributed by atoms with Gasteiger partial charge in [-0.25, -0.2) is 9.97 Å². The number of hydrogen-bond acceptors (Lipinski definition) is 7. The lowest BCUT2D eigenvalue weighted by molar-refractivity contribution is -0.120. The van der Waals surface area contributed by atoms with Crippen LogP contribution in [0.3, 0.4) is 0 Å². The zero-order valence-electron chi connectivity index (χ0n) is 18.3. The van der Waals surface area contributed by atoms with E-state index in [1.165, 1.54) is 19.3 Å². The Kier molecular flexibility index (Phi) is 6.74. The summed E-state index contributed by atoms with van der Waals surface area (Å²) >= 11 is 0. The molecule has 166 valence electrons. The van der Waals surface area contributed by atoms with E-state index in [0.29, 0.717) is 17.2 Å². The number of rotatable bonds is 6. The number of benzene rings is 1. The second-order valence-electron chi connectivity index (χ2n) is 8.10. The smallest absolute Gasteiger partial charge is 0.227 e. The third-order valence-electron chi connectivity index (χ3n) is 6.17. The number of carbonyl (C=O) groups excluding carboxylic acids is 1. The molecule has 0 saturated carbocycles. The Morgan fingerprint density at radius 1 is 0.935 bits per heavy atom. The first-order valence-electron chi connectivity index (χ1n) is 11.0. The summed E-state index contributed by atoms with van der Waals surface area (Å²) < 4.78 is 10.6. The molecule has 2 saturated heterocycles. The van der Waals surface area contributed by atoms with Crippen molar-refractivity contribution in [1.29, 1.82) is 0 Å². The number of aromatic nitrogens is 2. The highest BCUT2D eigenvalue weighted by Crippen LogP contribution is 2.31. The number of hydrogen-bond donors (Lipinski definition) is 1. The van der Waals surface area contributed by atoms with Crippen molar-refractivity contribution in [2.45, 2.75) is 32.1 Å². The van der Waals surface area contributed by atoms with E-state index < -0.39 is 0 Å². The van der Waals surface area contributed by atoms with Crippen LogP contribution in [0.2, 0.25) is 0 Å². The Morgan fingerprint density at radius 3 is 2.26 bits per heavy atom. The van der Waals surface area contributed by atoms with Gasteiger partial charge in [-0.05, 0) is 44.2 Å². The summed E-state index contributed by atoms with van der Waals surface area (Å²) in [5, 5.41) is 3.02. The van der Waals surface area contributed by atoms with E-state index in [1.807, 2.05) is 12.1 Å². The number of ether oxygens (including phenoxy) is 2. The van der Waals surface area contributed by atoms with Crippen LogP contribution < -0.4 is 24.6 Å². The molecule has 0 bridgehead atoms. The van der Waals surface area contributed by atoms with Crippen LogP contribution in [0.4, 0.5) is 17.3 Å². The lowest BCUT2D eigenvalue weighted by Gasteiger charge is -2.33. The lowest BCUT2D eigenvalue weighted by atomic mass is 9.95. The first-order chi connectivity index (χ1) is 15.2. The van der Waals surface area contributed by atoms with Gasteiger partial charge in [-0.1, -0.05) is 0 Å². The standard InChI is InChI=1S/C23H31N5O3/c1-30-18-6-7-19(20(14-18)31-2)26-23(29)17-8-12-28(13-9-17)22-15-21(24-16-25-22)27-10-4-3-5-11-27/h6-7,14-17H,3-5,8-13H2,1-2H3,(H,26,29). The molecule has 0 radical (unpaired) electrons. The average molecular weight is 426 g/mol. The van der Waals surface area contributed by atoms with Gasteiger partial charge in [0.2, 0.25) is 5.91 Å². The van der Waals surface area contributed by atoms with Crippen LogP contribution >= 0.6 is 0 Å². The molecule has 0 unspecified atom stereocenters. The van der Waals surface area contributed by atoms with E-state index in [-0.39, 0.29) is 11.8 Å². The molecule has 31 heavy (non-hydrogen) atoms. The highest BCUT2D eigenvalue weighted by molar-refractivity contribution is 5.94. The van der Waals surface area contributed by atoms with Crippen molar-refractivity contribution in [3.8, 4) is 11.5 Å². The van der Waals surface area contributed by atoms with E-state index in [0.717, 1.165) is 50.7 Å². The van der Waals surface area contributed by atoms with Gasteiger partial charge >= 0.3 is 0 Å². The second kappa shape index (κ2) is 9.85. The minimum atomic E-state index is -0.0357. The van der Waals surface area contributed by atoms with Crippen LogP contribution in [-0.4, -0.2) is 56.3 Å². The number of nitrogens with zero attached hydrogens (tertiary/aromatic N) is 4. The molecule has 1 amide bonds. The van der Waals surface area contributed by atoms with Crippen LogP contribution in [0.5, 0.6) is 11.5 Å². The maximum Gasteiger partial charge on any atom is 0.227 e. The summed E-state index contributed by atoms with van der Waals surface area (Å²) in [7, 11) is 3.19. The second-order valence-corrected chi connectivity index (χ2v) is 8.10. The van der Waals surface area contributed by atoms with Gasteiger partial charge in [0.25, 0.3) is 0 Å². The van der Waals surface area contributed by atoms with Crippen molar-refractivity contribution >= 4 is 23.2 Å².